The van der Waals surface area contributed by atoms with Gasteiger partial charge in [0.25, 0.3) is 0 Å². The Hall–Kier alpha value is -2.54. The Kier molecular flexibility index (Phi) is 3.16. The van der Waals surface area contributed by atoms with Crippen LogP contribution in [0.2, 0.25) is 0 Å². The number of nitrogens with zero attached hydrogens (tertiary/aromatic N) is 2. The monoisotopic (exact) mass is 239 g/mol. The molecule has 0 radical (unpaired) electrons. The van der Waals surface area contributed by atoms with E-state index in [0.29, 0.717) is 22.9 Å². The first-order chi connectivity index (χ1) is 8.61. The molecule has 0 saturated carbocycles. The summed E-state index contributed by atoms with van der Waals surface area (Å²) in [6, 6.07) is 11.1. The maximum absolute atomic E-state index is 9.14. The van der Waals surface area contributed by atoms with Crippen LogP contribution in [0.4, 0.5) is 5.69 Å². The number of nitrogen functional groups attached to an aromatic ring is 1. The highest BCUT2D eigenvalue weighted by Crippen LogP contribution is 2.29. The lowest BCUT2D eigenvalue weighted by molar-refractivity contribution is 0.461. The van der Waals surface area contributed by atoms with Crippen molar-refractivity contribution in [3.05, 3.63) is 47.2 Å². The molecule has 18 heavy (non-hydrogen) atoms. The lowest BCUT2D eigenvalue weighted by Crippen LogP contribution is -1.98. The third-order valence-electron chi connectivity index (χ3n) is 2.55. The summed E-state index contributed by atoms with van der Waals surface area (Å²) in [6.07, 6.45) is 0. The molecule has 0 spiro atoms. The molecular formula is C14H13N3O. The molecule has 1 heterocycles. The Morgan fingerprint density at radius 2 is 2.00 bits per heavy atom. The van der Waals surface area contributed by atoms with E-state index in [4.69, 9.17) is 15.7 Å². The van der Waals surface area contributed by atoms with Gasteiger partial charge in [0, 0.05) is 5.69 Å². The van der Waals surface area contributed by atoms with Crippen LogP contribution in [0.3, 0.4) is 0 Å². The largest absolute Gasteiger partial charge is 0.435 e. The summed E-state index contributed by atoms with van der Waals surface area (Å²) in [7, 11) is 0. The number of aryl methyl sites for hydroxylation is 2. The van der Waals surface area contributed by atoms with Gasteiger partial charge in [-0.1, -0.05) is 12.1 Å². The van der Waals surface area contributed by atoms with Crippen molar-refractivity contribution in [1.82, 2.24) is 4.98 Å². The Balaban J connectivity index is 2.47. The van der Waals surface area contributed by atoms with Crippen molar-refractivity contribution in [2.75, 3.05) is 5.73 Å². The van der Waals surface area contributed by atoms with Gasteiger partial charge in [-0.25, -0.2) is 4.98 Å². The summed E-state index contributed by atoms with van der Waals surface area (Å²) in [5.74, 6) is 0.805. The van der Waals surface area contributed by atoms with Crippen LogP contribution in [0.25, 0.3) is 0 Å². The van der Waals surface area contributed by atoms with Crippen LogP contribution >= 0.6 is 0 Å². The summed E-state index contributed by atoms with van der Waals surface area (Å²) in [5, 5.41) is 9.14. The van der Waals surface area contributed by atoms with Gasteiger partial charge in [0.05, 0.1) is 5.69 Å². The van der Waals surface area contributed by atoms with Crippen molar-refractivity contribution >= 4 is 5.69 Å². The average Bonchev–Trinajstić information content (AvgIpc) is 2.31. The Morgan fingerprint density at radius 3 is 2.67 bits per heavy atom. The Morgan fingerprint density at radius 1 is 1.28 bits per heavy atom. The fourth-order valence-electron chi connectivity index (χ4n) is 1.69. The van der Waals surface area contributed by atoms with Crippen LogP contribution in [0.15, 0.2) is 30.3 Å². The molecule has 2 N–H and O–H groups in total. The predicted molar refractivity (Wildman–Crippen MR) is 69.4 cm³/mol. The van der Waals surface area contributed by atoms with Crippen LogP contribution in [0, 0.1) is 25.2 Å². The van der Waals surface area contributed by atoms with Crippen molar-refractivity contribution in [2.45, 2.75) is 13.8 Å². The van der Waals surface area contributed by atoms with Crippen molar-refractivity contribution < 1.29 is 4.74 Å². The highest BCUT2D eigenvalue weighted by atomic mass is 16.5. The fourth-order valence-corrected chi connectivity index (χ4v) is 1.69. The lowest BCUT2D eigenvalue weighted by Gasteiger charge is -2.10. The van der Waals surface area contributed by atoms with E-state index in [1.54, 1.807) is 12.1 Å². The molecule has 0 aliphatic heterocycles. The summed E-state index contributed by atoms with van der Waals surface area (Å²) >= 11 is 0. The minimum Gasteiger partial charge on any atom is -0.435 e. The van der Waals surface area contributed by atoms with Gasteiger partial charge in [0.1, 0.15) is 11.6 Å². The van der Waals surface area contributed by atoms with E-state index in [2.05, 4.69) is 11.1 Å². The number of pyridine rings is 1. The summed E-state index contributed by atoms with van der Waals surface area (Å²) in [5.41, 5.74) is 8.39. The molecule has 0 atom stereocenters. The number of ether oxygens (including phenoxy) is 1. The number of aromatic nitrogens is 1. The fraction of sp³-hybridized carbons (Fsp3) is 0.143. The van der Waals surface area contributed by atoms with Gasteiger partial charge >= 0.3 is 0 Å². The summed E-state index contributed by atoms with van der Waals surface area (Å²) < 4.78 is 5.63. The van der Waals surface area contributed by atoms with Crippen LogP contribution < -0.4 is 10.5 Å². The molecule has 1 aromatic heterocycles. The zero-order valence-corrected chi connectivity index (χ0v) is 10.3. The first-order valence-corrected chi connectivity index (χ1v) is 5.52. The molecule has 0 aliphatic carbocycles. The maximum atomic E-state index is 9.14. The molecule has 4 nitrogen and oxygen atoms in total. The molecule has 2 aromatic rings. The summed E-state index contributed by atoms with van der Waals surface area (Å²) in [4.78, 5) is 4.24. The molecule has 0 bridgehead atoms. The van der Waals surface area contributed by atoms with E-state index in [1.165, 1.54) is 0 Å². The van der Waals surface area contributed by atoms with Gasteiger partial charge in [-0.3, -0.25) is 0 Å². The van der Waals surface area contributed by atoms with Crippen molar-refractivity contribution in [3.63, 3.8) is 0 Å². The Labute approximate surface area is 106 Å². The van der Waals surface area contributed by atoms with E-state index >= 15 is 0 Å². The second kappa shape index (κ2) is 4.76. The van der Waals surface area contributed by atoms with E-state index in [9.17, 15) is 0 Å². The average molecular weight is 239 g/mol. The molecule has 0 fully saturated rings. The smallest absolute Gasteiger partial charge is 0.237 e. The first kappa shape index (κ1) is 11.9. The number of benzene rings is 1. The zero-order valence-electron chi connectivity index (χ0n) is 10.3. The minimum atomic E-state index is 0.299. The van der Waals surface area contributed by atoms with E-state index < -0.39 is 0 Å². The summed E-state index contributed by atoms with van der Waals surface area (Å²) in [6.45, 7) is 3.71. The van der Waals surface area contributed by atoms with Gasteiger partial charge in [-0.05, 0) is 37.6 Å². The number of nitrogens with two attached hydrogens (primary N) is 1. The van der Waals surface area contributed by atoms with Gasteiger partial charge < -0.3 is 10.5 Å². The van der Waals surface area contributed by atoms with E-state index in [0.717, 1.165) is 11.3 Å². The zero-order chi connectivity index (χ0) is 13.1. The quantitative estimate of drug-likeness (QED) is 0.818. The Bertz CT molecular complexity index is 629. The van der Waals surface area contributed by atoms with E-state index in [-0.39, 0.29) is 0 Å². The van der Waals surface area contributed by atoms with Crippen molar-refractivity contribution in [1.29, 1.82) is 5.26 Å². The number of hydrogen-bond acceptors (Lipinski definition) is 4. The maximum Gasteiger partial charge on any atom is 0.237 e. The van der Waals surface area contributed by atoms with Crippen molar-refractivity contribution in [3.8, 4) is 17.7 Å². The molecular weight excluding hydrogens is 226 g/mol. The van der Waals surface area contributed by atoms with Gasteiger partial charge in [-0.15, -0.1) is 0 Å². The number of para-hydroxylation sites is 2. The highest BCUT2D eigenvalue weighted by Gasteiger charge is 2.11. The van der Waals surface area contributed by atoms with Crippen LogP contribution in [-0.4, -0.2) is 4.98 Å². The normalized spacial score (nSPS) is 9.83. The standard InChI is InChI=1S/C14H13N3O/c1-9-7-10(2)17-14(11(9)8-15)18-13-6-4-3-5-12(13)16/h3-7H,16H2,1-2H3. The highest BCUT2D eigenvalue weighted by molar-refractivity contribution is 5.55. The van der Waals surface area contributed by atoms with Crippen LogP contribution in [-0.2, 0) is 0 Å². The lowest BCUT2D eigenvalue weighted by atomic mass is 10.1. The van der Waals surface area contributed by atoms with Gasteiger partial charge in [0.15, 0.2) is 5.75 Å². The first-order valence-electron chi connectivity index (χ1n) is 5.52. The van der Waals surface area contributed by atoms with E-state index in [1.807, 2.05) is 32.0 Å². The number of hydrogen-bond donors (Lipinski definition) is 1. The predicted octanol–water partition coefficient (Wildman–Crippen LogP) is 2.94. The third-order valence-corrected chi connectivity index (χ3v) is 2.55. The molecule has 0 unspecified atom stereocenters. The third kappa shape index (κ3) is 2.25. The second-order valence-corrected chi connectivity index (χ2v) is 4.01. The molecule has 0 aliphatic rings. The number of nitriles is 1. The number of anilines is 1. The molecule has 1 aromatic carbocycles. The second-order valence-electron chi connectivity index (χ2n) is 4.01. The number of rotatable bonds is 2. The molecule has 90 valence electrons. The van der Waals surface area contributed by atoms with Gasteiger partial charge in [0.2, 0.25) is 5.88 Å². The van der Waals surface area contributed by atoms with Gasteiger partial charge in [-0.2, -0.15) is 5.26 Å². The topological polar surface area (TPSA) is 71.9 Å². The van der Waals surface area contributed by atoms with Crippen molar-refractivity contribution in [2.24, 2.45) is 0 Å². The minimum absolute atomic E-state index is 0.299. The molecule has 0 saturated heterocycles. The van der Waals surface area contributed by atoms with Crippen LogP contribution in [0.1, 0.15) is 16.8 Å². The van der Waals surface area contributed by atoms with Crippen LogP contribution in [0.5, 0.6) is 11.6 Å². The SMILES string of the molecule is Cc1cc(C)c(C#N)c(Oc2ccccc2N)n1. The molecule has 2 rings (SSSR count). The molecule has 4 heteroatoms. The molecule has 0 amide bonds.